The van der Waals surface area contributed by atoms with Crippen molar-refractivity contribution in [1.29, 1.82) is 0 Å². The van der Waals surface area contributed by atoms with E-state index < -0.39 is 5.82 Å². The lowest BCUT2D eigenvalue weighted by atomic mass is 10.1. The number of rotatable bonds is 2. The zero-order chi connectivity index (χ0) is 13.8. The van der Waals surface area contributed by atoms with Crippen LogP contribution in [0.15, 0.2) is 18.2 Å². The number of hydrogen-bond acceptors (Lipinski definition) is 3. The maximum Gasteiger partial charge on any atom is 0.254 e. The molecule has 2 rings (SSSR count). The van der Waals surface area contributed by atoms with Crippen LogP contribution < -0.4 is 10.6 Å². The van der Waals surface area contributed by atoms with Gasteiger partial charge < -0.3 is 15.5 Å². The Morgan fingerprint density at radius 1 is 1.26 bits per heavy atom. The first-order valence-electron chi connectivity index (χ1n) is 6.14. The fourth-order valence-corrected chi connectivity index (χ4v) is 2.04. The van der Waals surface area contributed by atoms with E-state index in [1.54, 1.807) is 4.90 Å². The summed E-state index contributed by atoms with van der Waals surface area (Å²) in [4.78, 5) is 24.8. The van der Waals surface area contributed by atoms with Crippen molar-refractivity contribution in [3.8, 4) is 0 Å². The van der Waals surface area contributed by atoms with Crippen molar-refractivity contribution in [1.82, 2.24) is 10.2 Å². The van der Waals surface area contributed by atoms with Crippen LogP contribution in [0.1, 0.15) is 17.3 Å². The van der Waals surface area contributed by atoms with Gasteiger partial charge in [-0.05, 0) is 18.2 Å². The number of benzene rings is 1. The Kier molecular flexibility index (Phi) is 4.11. The van der Waals surface area contributed by atoms with Gasteiger partial charge in [-0.15, -0.1) is 0 Å². The van der Waals surface area contributed by atoms with Gasteiger partial charge in [0, 0.05) is 44.4 Å². The summed E-state index contributed by atoms with van der Waals surface area (Å²) in [6.45, 7) is 4.01. The van der Waals surface area contributed by atoms with Crippen LogP contribution in [0.2, 0.25) is 0 Å². The fourth-order valence-electron chi connectivity index (χ4n) is 2.04. The Bertz CT molecular complexity index is 499. The molecule has 0 aromatic heterocycles. The van der Waals surface area contributed by atoms with Crippen molar-refractivity contribution < 1.29 is 14.0 Å². The van der Waals surface area contributed by atoms with Gasteiger partial charge in [0.15, 0.2) is 0 Å². The normalized spacial score (nSPS) is 15.2. The van der Waals surface area contributed by atoms with E-state index in [-0.39, 0.29) is 17.4 Å². The molecule has 0 aliphatic carbocycles. The number of carbonyl (C=O) groups is 2. The minimum Gasteiger partial charge on any atom is -0.336 e. The second-order valence-electron chi connectivity index (χ2n) is 4.45. The van der Waals surface area contributed by atoms with Gasteiger partial charge in [-0.1, -0.05) is 0 Å². The molecule has 0 spiro atoms. The minimum atomic E-state index is -0.537. The van der Waals surface area contributed by atoms with E-state index in [1.807, 2.05) is 0 Å². The second kappa shape index (κ2) is 5.79. The monoisotopic (exact) mass is 265 g/mol. The summed E-state index contributed by atoms with van der Waals surface area (Å²) in [5.74, 6) is -1.05. The van der Waals surface area contributed by atoms with Crippen molar-refractivity contribution in [3.63, 3.8) is 0 Å². The van der Waals surface area contributed by atoms with Crippen molar-refractivity contribution in [2.24, 2.45) is 0 Å². The summed E-state index contributed by atoms with van der Waals surface area (Å²) in [7, 11) is 0. The predicted octanol–water partition coefficient (Wildman–Crippen LogP) is 0.829. The van der Waals surface area contributed by atoms with Crippen LogP contribution in [0.5, 0.6) is 0 Å². The van der Waals surface area contributed by atoms with E-state index in [0.29, 0.717) is 18.8 Å². The van der Waals surface area contributed by atoms with Gasteiger partial charge >= 0.3 is 0 Å². The zero-order valence-corrected chi connectivity index (χ0v) is 10.7. The first kappa shape index (κ1) is 13.5. The highest BCUT2D eigenvalue weighted by molar-refractivity contribution is 5.96. The first-order chi connectivity index (χ1) is 9.06. The third-order valence-electron chi connectivity index (χ3n) is 2.87. The number of halogens is 1. The van der Waals surface area contributed by atoms with Crippen LogP contribution in [0.3, 0.4) is 0 Å². The lowest BCUT2D eigenvalue weighted by molar-refractivity contribution is -0.114. The van der Waals surface area contributed by atoms with Crippen LogP contribution in [-0.2, 0) is 4.79 Å². The molecule has 1 aliphatic heterocycles. The first-order valence-corrected chi connectivity index (χ1v) is 6.14. The average Bonchev–Trinajstić information content (AvgIpc) is 2.37. The molecule has 0 radical (unpaired) electrons. The Balaban J connectivity index is 2.20. The zero-order valence-electron chi connectivity index (χ0n) is 10.7. The second-order valence-corrected chi connectivity index (χ2v) is 4.45. The topological polar surface area (TPSA) is 61.4 Å². The predicted molar refractivity (Wildman–Crippen MR) is 69.5 cm³/mol. The van der Waals surface area contributed by atoms with E-state index in [4.69, 9.17) is 0 Å². The molecule has 2 amide bonds. The molecule has 0 atom stereocenters. The molecule has 2 N–H and O–H groups in total. The number of nitrogens with one attached hydrogen (secondary N) is 2. The molecule has 5 nitrogen and oxygen atoms in total. The Labute approximate surface area is 110 Å². The number of hydrogen-bond donors (Lipinski definition) is 2. The molecule has 1 aromatic carbocycles. The molecule has 1 aliphatic rings. The third-order valence-corrected chi connectivity index (χ3v) is 2.87. The molecule has 0 bridgehead atoms. The lowest BCUT2D eigenvalue weighted by Gasteiger charge is -2.27. The summed E-state index contributed by atoms with van der Waals surface area (Å²) in [5, 5.41) is 5.63. The highest BCUT2D eigenvalue weighted by Crippen LogP contribution is 2.16. The van der Waals surface area contributed by atoms with E-state index in [1.165, 1.54) is 25.1 Å². The van der Waals surface area contributed by atoms with Gasteiger partial charge in [0.1, 0.15) is 5.82 Å². The molecule has 1 heterocycles. The number of carbonyl (C=O) groups excluding carboxylic acids is 2. The average molecular weight is 265 g/mol. The largest absolute Gasteiger partial charge is 0.336 e. The quantitative estimate of drug-likeness (QED) is 0.832. The molecule has 1 fully saturated rings. The number of amides is 2. The highest BCUT2D eigenvalue weighted by Gasteiger charge is 2.19. The molecule has 6 heteroatoms. The van der Waals surface area contributed by atoms with E-state index >= 15 is 0 Å². The summed E-state index contributed by atoms with van der Waals surface area (Å²) < 4.78 is 13.5. The summed E-state index contributed by atoms with van der Waals surface area (Å²) in [5.41, 5.74) is 0.552. The number of anilines is 1. The molecule has 19 heavy (non-hydrogen) atoms. The number of piperazine rings is 1. The van der Waals surface area contributed by atoms with E-state index in [9.17, 15) is 14.0 Å². The summed E-state index contributed by atoms with van der Waals surface area (Å²) in [6, 6.07) is 3.88. The van der Waals surface area contributed by atoms with Crippen molar-refractivity contribution in [2.45, 2.75) is 6.92 Å². The maximum absolute atomic E-state index is 13.5. The summed E-state index contributed by atoms with van der Waals surface area (Å²) >= 11 is 0. The Morgan fingerprint density at radius 3 is 2.58 bits per heavy atom. The van der Waals surface area contributed by atoms with Crippen molar-refractivity contribution in [2.75, 3.05) is 31.5 Å². The SMILES string of the molecule is CC(=O)Nc1cc(F)cc(C(=O)N2CCNCC2)c1. The fraction of sp³-hybridized carbons (Fsp3) is 0.385. The van der Waals surface area contributed by atoms with Gasteiger partial charge in [0.05, 0.1) is 0 Å². The van der Waals surface area contributed by atoms with Gasteiger partial charge in [0.2, 0.25) is 5.91 Å². The molecular formula is C13H16FN3O2. The maximum atomic E-state index is 13.5. The van der Waals surface area contributed by atoms with Gasteiger partial charge in [-0.2, -0.15) is 0 Å². The van der Waals surface area contributed by atoms with Crippen LogP contribution in [-0.4, -0.2) is 42.9 Å². The van der Waals surface area contributed by atoms with Crippen molar-refractivity contribution in [3.05, 3.63) is 29.6 Å². The molecule has 0 saturated carbocycles. The van der Waals surface area contributed by atoms with E-state index in [0.717, 1.165) is 13.1 Å². The van der Waals surface area contributed by atoms with Gasteiger partial charge in [-0.25, -0.2) is 4.39 Å². The van der Waals surface area contributed by atoms with Crippen LogP contribution in [0.4, 0.5) is 10.1 Å². The molecule has 0 unspecified atom stereocenters. The molecule has 102 valence electrons. The highest BCUT2D eigenvalue weighted by atomic mass is 19.1. The van der Waals surface area contributed by atoms with Crippen molar-refractivity contribution >= 4 is 17.5 Å². The molecule has 1 aromatic rings. The van der Waals surface area contributed by atoms with Gasteiger partial charge in [-0.3, -0.25) is 9.59 Å². The number of nitrogens with zero attached hydrogens (tertiary/aromatic N) is 1. The van der Waals surface area contributed by atoms with E-state index in [2.05, 4.69) is 10.6 Å². The third kappa shape index (κ3) is 3.51. The van der Waals surface area contributed by atoms with Crippen LogP contribution in [0, 0.1) is 5.82 Å². The Morgan fingerprint density at radius 2 is 1.95 bits per heavy atom. The summed E-state index contributed by atoms with van der Waals surface area (Å²) in [6.07, 6.45) is 0. The van der Waals surface area contributed by atoms with Crippen LogP contribution in [0.25, 0.3) is 0 Å². The smallest absolute Gasteiger partial charge is 0.254 e. The Hall–Kier alpha value is -1.95. The molecule has 1 saturated heterocycles. The van der Waals surface area contributed by atoms with Gasteiger partial charge in [0.25, 0.3) is 5.91 Å². The lowest BCUT2D eigenvalue weighted by Crippen LogP contribution is -2.46. The minimum absolute atomic E-state index is 0.215. The standard InChI is InChI=1S/C13H16FN3O2/c1-9(18)16-12-7-10(6-11(14)8-12)13(19)17-4-2-15-3-5-17/h6-8,15H,2-5H2,1H3,(H,16,18). The molecular weight excluding hydrogens is 249 g/mol. The van der Waals surface area contributed by atoms with Crippen LogP contribution >= 0.6 is 0 Å².